The molecule has 0 aromatic heterocycles. The molecular formula is C20H20ClNO5. The number of carbonyl (C=O) groups is 2. The number of esters is 1. The molecule has 0 aliphatic carbocycles. The third-order valence-corrected chi connectivity index (χ3v) is 4.04. The highest BCUT2D eigenvalue weighted by Gasteiger charge is 2.20. The number of halogens is 1. The van der Waals surface area contributed by atoms with Gasteiger partial charge in [-0.1, -0.05) is 43.1 Å². The summed E-state index contributed by atoms with van der Waals surface area (Å²) in [6.07, 6.45) is 1.21. The summed E-state index contributed by atoms with van der Waals surface area (Å²) in [4.78, 5) is 27.5. The Morgan fingerprint density at radius 2 is 1.81 bits per heavy atom. The summed E-state index contributed by atoms with van der Waals surface area (Å²) >= 11 is 6.03. The number of aryl methyl sites for hydroxylation is 1. The van der Waals surface area contributed by atoms with E-state index in [1.807, 2.05) is 6.92 Å². The van der Waals surface area contributed by atoms with Crippen molar-refractivity contribution in [3.8, 4) is 11.5 Å². The number of carbonyl (C=O) groups excluding carboxylic acids is 1. The van der Waals surface area contributed by atoms with E-state index < -0.39 is 18.0 Å². The Kier molecular flexibility index (Phi) is 6.58. The predicted molar refractivity (Wildman–Crippen MR) is 103 cm³/mol. The molecule has 0 aliphatic rings. The zero-order valence-corrected chi connectivity index (χ0v) is 15.9. The Hall–Kier alpha value is -2.86. The maximum Gasteiger partial charge on any atom is 0.343 e. The Labute approximate surface area is 162 Å². The molecule has 142 valence electrons. The highest BCUT2D eigenvalue weighted by molar-refractivity contribution is 6.31. The van der Waals surface area contributed by atoms with Gasteiger partial charge in [0.05, 0.1) is 5.56 Å². The fourth-order valence-corrected chi connectivity index (χ4v) is 2.52. The van der Waals surface area contributed by atoms with Crippen molar-refractivity contribution in [2.45, 2.75) is 26.8 Å². The molecule has 1 atom stereocenters. The normalized spacial score (nSPS) is 12.3. The lowest BCUT2D eigenvalue weighted by Gasteiger charge is -2.12. The first-order valence-corrected chi connectivity index (χ1v) is 8.64. The minimum absolute atomic E-state index is 0.133. The lowest BCUT2D eigenvalue weighted by molar-refractivity contribution is -0.139. The zero-order chi connectivity index (χ0) is 20.1. The van der Waals surface area contributed by atoms with Gasteiger partial charge in [0.15, 0.2) is 11.5 Å². The third-order valence-electron chi connectivity index (χ3n) is 3.82. The first-order chi connectivity index (χ1) is 12.7. The number of carboxylic acids is 1. The van der Waals surface area contributed by atoms with Crippen molar-refractivity contribution >= 4 is 29.8 Å². The summed E-state index contributed by atoms with van der Waals surface area (Å²) in [6, 6.07) is 8.50. The summed E-state index contributed by atoms with van der Waals surface area (Å²) in [5.41, 5.74) is 1.47. The van der Waals surface area contributed by atoms with Crippen LogP contribution in [0.1, 0.15) is 35.3 Å². The van der Waals surface area contributed by atoms with Crippen molar-refractivity contribution in [3.63, 3.8) is 0 Å². The minimum Gasteiger partial charge on any atom is -0.504 e. The van der Waals surface area contributed by atoms with Crippen LogP contribution in [0.4, 0.5) is 0 Å². The predicted octanol–water partition coefficient (Wildman–Crippen LogP) is 4.10. The van der Waals surface area contributed by atoms with E-state index in [2.05, 4.69) is 4.99 Å². The first-order valence-electron chi connectivity index (χ1n) is 8.26. The Morgan fingerprint density at radius 3 is 2.37 bits per heavy atom. The Balaban J connectivity index is 2.30. The highest BCUT2D eigenvalue weighted by Crippen LogP contribution is 2.33. The second-order valence-electron chi connectivity index (χ2n) is 6.40. The van der Waals surface area contributed by atoms with Gasteiger partial charge < -0.3 is 14.9 Å². The van der Waals surface area contributed by atoms with Crippen molar-refractivity contribution in [3.05, 3.63) is 58.1 Å². The van der Waals surface area contributed by atoms with Crippen molar-refractivity contribution in [1.29, 1.82) is 0 Å². The van der Waals surface area contributed by atoms with E-state index in [-0.39, 0.29) is 28.0 Å². The molecule has 2 N–H and O–H groups in total. The number of phenolic OH excluding ortho intramolecular Hbond substituents is 1. The molecule has 1 unspecified atom stereocenters. The molecule has 27 heavy (non-hydrogen) atoms. The lowest BCUT2D eigenvalue weighted by Crippen LogP contribution is -2.24. The Bertz CT molecular complexity index is 875. The number of hydrogen-bond acceptors (Lipinski definition) is 5. The van der Waals surface area contributed by atoms with Crippen molar-refractivity contribution in [1.82, 2.24) is 0 Å². The number of benzene rings is 2. The van der Waals surface area contributed by atoms with E-state index in [9.17, 15) is 19.8 Å². The molecular weight excluding hydrogens is 370 g/mol. The van der Waals surface area contributed by atoms with E-state index in [1.54, 1.807) is 38.1 Å². The minimum atomic E-state index is -1.08. The summed E-state index contributed by atoms with van der Waals surface area (Å²) < 4.78 is 5.24. The number of rotatable bonds is 6. The summed E-state index contributed by atoms with van der Waals surface area (Å²) in [6.45, 7) is 5.34. The van der Waals surface area contributed by atoms with Crippen LogP contribution in [0.5, 0.6) is 11.5 Å². The van der Waals surface area contributed by atoms with E-state index in [0.717, 1.165) is 5.56 Å². The van der Waals surface area contributed by atoms with E-state index in [4.69, 9.17) is 16.3 Å². The molecule has 2 aromatic rings. The first kappa shape index (κ1) is 20.5. The fourth-order valence-electron chi connectivity index (χ4n) is 2.30. The van der Waals surface area contributed by atoms with Crippen LogP contribution in [0.15, 0.2) is 41.4 Å². The second kappa shape index (κ2) is 8.68. The fraction of sp³-hybridized carbons (Fsp3) is 0.250. The number of aliphatic carboxylic acids is 1. The Morgan fingerprint density at radius 1 is 1.19 bits per heavy atom. The molecule has 0 amide bonds. The van der Waals surface area contributed by atoms with Crippen LogP contribution < -0.4 is 4.74 Å². The maximum absolute atomic E-state index is 12.3. The standard InChI is InChI=1S/C20H20ClNO5/c1-11(2)17(19(24)25)22-10-14-8-15(21)9-16(18(14)23)27-20(26)13-6-4-12(3)5-7-13/h4-11,17,23H,1-3H3,(H,24,25). The number of nitrogens with zero attached hydrogens (tertiary/aromatic N) is 1. The topological polar surface area (TPSA) is 96.2 Å². The highest BCUT2D eigenvalue weighted by atomic mass is 35.5. The number of aliphatic imine (C=N–C) groups is 1. The van der Waals surface area contributed by atoms with Gasteiger partial charge in [-0.15, -0.1) is 0 Å². The van der Waals surface area contributed by atoms with Gasteiger partial charge in [0.2, 0.25) is 0 Å². The smallest absolute Gasteiger partial charge is 0.343 e. The average Bonchev–Trinajstić information content (AvgIpc) is 2.58. The van der Waals surface area contributed by atoms with Crippen LogP contribution in [-0.2, 0) is 4.79 Å². The van der Waals surface area contributed by atoms with Crippen molar-refractivity contribution in [2.75, 3.05) is 0 Å². The van der Waals surface area contributed by atoms with E-state index in [1.165, 1.54) is 18.3 Å². The molecule has 2 rings (SSSR count). The van der Waals surface area contributed by atoms with E-state index >= 15 is 0 Å². The molecule has 0 bridgehead atoms. The quantitative estimate of drug-likeness (QED) is 0.440. The number of hydrogen-bond donors (Lipinski definition) is 2. The van der Waals surface area contributed by atoms with Gasteiger partial charge in [0.25, 0.3) is 0 Å². The SMILES string of the molecule is Cc1ccc(C(=O)Oc2cc(Cl)cc(C=NC(C(=O)O)C(C)C)c2O)cc1. The summed E-state index contributed by atoms with van der Waals surface area (Å²) in [5.74, 6) is -2.45. The molecule has 2 aromatic carbocycles. The largest absolute Gasteiger partial charge is 0.504 e. The van der Waals surface area contributed by atoms with Crippen LogP contribution in [0.25, 0.3) is 0 Å². The molecule has 6 nitrogen and oxygen atoms in total. The zero-order valence-electron chi connectivity index (χ0n) is 15.1. The van der Waals surface area contributed by atoms with Gasteiger partial charge in [0, 0.05) is 22.9 Å². The lowest BCUT2D eigenvalue weighted by atomic mass is 10.1. The van der Waals surface area contributed by atoms with Gasteiger partial charge in [-0.2, -0.15) is 0 Å². The van der Waals surface area contributed by atoms with Crippen molar-refractivity contribution in [2.24, 2.45) is 10.9 Å². The molecule has 7 heteroatoms. The van der Waals surface area contributed by atoms with Crippen LogP contribution >= 0.6 is 11.6 Å². The molecule has 0 spiro atoms. The number of ether oxygens (including phenoxy) is 1. The summed E-state index contributed by atoms with van der Waals surface area (Å²) in [5, 5.41) is 19.8. The molecule has 0 fully saturated rings. The van der Waals surface area contributed by atoms with Gasteiger partial charge in [0.1, 0.15) is 6.04 Å². The van der Waals surface area contributed by atoms with Crippen LogP contribution in [0.3, 0.4) is 0 Å². The molecule has 0 heterocycles. The maximum atomic E-state index is 12.3. The van der Waals surface area contributed by atoms with Crippen LogP contribution in [-0.4, -0.2) is 34.4 Å². The number of phenols is 1. The summed E-state index contributed by atoms with van der Waals surface area (Å²) in [7, 11) is 0. The molecule has 0 radical (unpaired) electrons. The second-order valence-corrected chi connectivity index (χ2v) is 6.84. The van der Waals surface area contributed by atoms with Crippen LogP contribution in [0, 0.1) is 12.8 Å². The van der Waals surface area contributed by atoms with Crippen molar-refractivity contribution < 1.29 is 24.5 Å². The molecule has 0 aliphatic heterocycles. The number of carboxylic acid groups (broad SMARTS) is 1. The van der Waals surface area contributed by atoms with Crippen LogP contribution in [0.2, 0.25) is 5.02 Å². The average molecular weight is 390 g/mol. The van der Waals surface area contributed by atoms with Gasteiger partial charge in [-0.25, -0.2) is 9.59 Å². The van der Waals surface area contributed by atoms with Gasteiger partial charge in [-0.3, -0.25) is 4.99 Å². The monoisotopic (exact) mass is 389 g/mol. The number of aromatic hydroxyl groups is 1. The molecule has 0 saturated heterocycles. The van der Waals surface area contributed by atoms with Gasteiger partial charge >= 0.3 is 11.9 Å². The van der Waals surface area contributed by atoms with Gasteiger partial charge in [-0.05, 0) is 31.0 Å². The van der Waals surface area contributed by atoms with E-state index in [0.29, 0.717) is 5.56 Å². The third kappa shape index (κ3) is 5.31. The molecule has 0 saturated carbocycles.